The first-order valence-electron chi connectivity index (χ1n) is 6.05. The summed E-state index contributed by atoms with van der Waals surface area (Å²) in [6.07, 6.45) is 4.78. The van der Waals surface area contributed by atoms with Crippen molar-refractivity contribution in [3.8, 4) is 0 Å². The zero-order chi connectivity index (χ0) is 12.2. The maximum atomic E-state index is 11.4. The molecule has 0 N–H and O–H groups in total. The van der Waals surface area contributed by atoms with Crippen molar-refractivity contribution >= 4 is 5.97 Å². The summed E-state index contributed by atoms with van der Waals surface area (Å²) < 4.78 is 10.4. The molecule has 3 nitrogen and oxygen atoms in total. The molecular formula is C13H22O3. The second-order valence-corrected chi connectivity index (χ2v) is 4.21. The Balaban J connectivity index is 2.79. The zero-order valence-corrected chi connectivity index (χ0v) is 10.7. The minimum atomic E-state index is -0.224. The van der Waals surface area contributed by atoms with Crippen molar-refractivity contribution in [2.24, 2.45) is 5.41 Å². The molecule has 0 heterocycles. The predicted octanol–water partition coefficient (Wildman–Crippen LogP) is 2.70. The lowest BCUT2D eigenvalue weighted by Crippen LogP contribution is -2.48. The number of ether oxygens (including phenoxy) is 2. The van der Waals surface area contributed by atoms with Crippen LogP contribution in [0.15, 0.2) is 11.6 Å². The highest BCUT2D eigenvalue weighted by Crippen LogP contribution is 2.52. The SMILES string of the molecule is CCOC(=O)/C=C1/CC(OC)C1(CC)CC. The monoisotopic (exact) mass is 226 g/mol. The summed E-state index contributed by atoms with van der Waals surface area (Å²) in [5.41, 5.74) is 1.24. The van der Waals surface area contributed by atoms with E-state index >= 15 is 0 Å². The number of hydrogen-bond donors (Lipinski definition) is 0. The molecule has 1 fully saturated rings. The van der Waals surface area contributed by atoms with Gasteiger partial charge in [-0.3, -0.25) is 0 Å². The largest absolute Gasteiger partial charge is 0.463 e. The van der Waals surface area contributed by atoms with Gasteiger partial charge in [0.05, 0.1) is 12.7 Å². The van der Waals surface area contributed by atoms with E-state index in [2.05, 4.69) is 13.8 Å². The van der Waals surface area contributed by atoms with Gasteiger partial charge in [-0.2, -0.15) is 0 Å². The third-order valence-corrected chi connectivity index (χ3v) is 3.79. The van der Waals surface area contributed by atoms with E-state index in [4.69, 9.17) is 9.47 Å². The molecule has 3 heteroatoms. The van der Waals surface area contributed by atoms with E-state index in [9.17, 15) is 4.79 Å². The van der Waals surface area contributed by atoms with Gasteiger partial charge in [-0.05, 0) is 26.2 Å². The number of carbonyl (C=O) groups excluding carboxylic acids is 1. The second-order valence-electron chi connectivity index (χ2n) is 4.21. The van der Waals surface area contributed by atoms with Crippen LogP contribution in [0, 0.1) is 5.41 Å². The summed E-state index contributed by atoms with van der Waals surface area (Å²) in [6, 6.07) is 0. The van der Waals surface area contributed by atoms with Crippen LogP contribution in [0.1, 0.15) is 40.0 Å². The molecule has 16 heavy (non-hydrogen) atoms. The molecule has 0 radical (unpaired) electrons. The lowest BCUT2D eigenvalue weighted by molar-refractivity contribution is -0.137. The summed E-state index contributed by atoms with van der Waals surface area (Å²) in [6.45, 7) is 6.55. The molecule has 1 unspecified atom stereocenters. The second kappa shape index (κ2) is 5.48. The Kier molecular flexibility index (Phi) is 4.54. The van der Waals surface area contributed by atoms with Crippen LogP contribution in [0.25, 0.3) is 0 Å². The molecular weight excluding hydrogens is 204 g/mol. The summed E-state index contributed by atoms with van der Waals surface area (Å²) in [5, 5.41) is 0. The van der Waals surface area contributed by atoms with E-state index in [1.54, 1.807) is 13.2 Å². The highest BCUT2D eigenvalue weighted by Gasteiger charge is 2.48. The molecule has 0 aromatic rings. The Morgan fingerprint density at radius 1 is 1.44 bits per heavy atom. The smallest absolute Gasteiger partial charge is 0.330 e. The van der Waals surface area contributed by atoms with Gasteiger partial charge in [-0.1, -0.05) is 19.4 Å². The van der Waals surface area contributed by atoms with Gasteiger partial charge in [-0.25, -0.2) is 4.79 Å². The third kappa shape index (κ3) is 2.14. The molecule has 0 saturated heterocycles. The molecule has 0 amide bonds. The predicted molar refractivity (Wildman–Crippen MR) is 63.1 cm³/mol. The first-order valence-corrected chi connectivity index (χ1v) is 6.05. The fourth-order valence-corrected chi connectivity index (χ4v) is 2.67. The van der Waals surface area contributed by atoms with Gasteiger partial charge in [0.2, 0.25) is 0 Å². The van der Waals surface area contributed by atoms with Crippen LogP contribution in [0.2, 0.25) is 0 Å². The molecule has 0 spiro atoms. The number of hydrogen-bond acceptors (Lipinski definition) is 3. The van der Waals surface area contributed by atoms with E-state index in [1.165, 1.54) is 5.57 Å². The Morgan fingerprint density at radius 3 is 2.50 bits per heavy atom. The van der Waals surface area contributed by atoms with Crippen molar-refractivity contribution in [1.29, 1.82) is 0 Å². The minimum Gasteiger partial charge on any atom is -0.463 e. The lowest BCUT2D eigenvalue weighted by Gasteiger charge is -2.50. The van der Waals surface area contributed by atoms with Gasteiger partial charge >= 0.3 is 5.97 Å². The van der Waals surface area contributed by atoms with E-state index < -0.39 is 0 Å². The van der Waals surface area contributed by atoms with E-state index in [0.717, 1.165) is 19.3 Å². The summed E-state index contributed by atoms with van der Waals surface area (Å²) in [5.74, 6) is -0.224. The van der Waals surface area contributed by atoms with Crippen LogP contribution in [-0.2, 0) is 14.3 Å². The Labute approximate surface area is 97.8 Å². The lowest BCUT2D eigenvalue weighted by atomic mass is 9.58. The molecule has 0 aromatic carbocycles. The molecule has 0 bridgehead atoms. The number of carbonyl (C=O) groups is 1. The van der Waals surface area contributed by atoms with Crippen LogP contribution in [0.5, 0.6) is 0 Å². The van der Waals surface area contributed by atoms with Crippen LogP contribution in [-0.4, -0.2) is 25.8 Å². The van der Waals surface area contributed by atoms with Crippen LogP contribution >= 0.6 is 0 Å². The molecule has 92 valence electrons. The Bertz CT molecular complexity index is 277. The fourth-order valence-electron chi connectivity index (χ4n) is 2.67. The topological polar surface area (TPSA) is 35.5 Å². The normalized spacial score (nSPS) is 25.2. The van der Waals surface area contributed by atoms with E-state index in [1.807, 2.05) is 6.92 Å². The van der Waals surface area contributed by atoms with Gasteiger partial charge in [-0.15, -0.1) is 0 Å². The molecule has 1 saturated carbocycles. The quantitative estimate of drug-likeness (QED) is 0.534. The van der Waals surface area contributed by atoms with Crippen molar-refractivity contribution in [2.45, 2.75) is 46.1 Å². The van der Waals surface area contributed by atoms with Crippen LogP contribution in [0.3, 0.4) is 0 Å². The van der Waals surface area contributed by atoms with Crippen molar-refractivity contribution in [2.75, 3.05) is 13.7 Å². The van der Waals surface area contributed by atoms with E-state index in [0.29, 0.717) is 6.61 Å². The maximum Gasteiger partial charge on any atom is 0.330 e. The van der Waals surface area contributed by atoms with Gasteiger partial charge < -0.3 is 9.47 Å². The highest BCUT2D eigenvalue weighted by molar-refractivity contribution is 5.83. The fraction of sp³-hybridized carbons (Fsp3) is 0.769. The molecule has 1 aliphatic carbocycles. The first kappa shape index (κ1) is 13.2. The standard InChI is InChI=1S/C13H22O3/c1-5-13(6-2)10(8-11(13)15-4)9-12(14)16-7-3/h9,11H,5-8H2,1-4H3/b10-9-. The van der Waals surface area contributed by atoms with Crippen molar-refractivity contribution < 1.29 is 14.3 Å². The Morgan fingerprint density at radius 2 is 2.06 bits per heavy atom. The van der Waals surface area contributed by atoms with Crippen molar-refractivity contribution in [3.63, 3.8) is 0 Å². The maximum absolute atomic E-state index is 11.4. The highest BCUT2D eigenvalue weighted by atomic mass is 16.5. The van der Waals surface area contributed by atoms with Crippen molar-refractivity contribution in [3.05, 3.63) is 11.6 Å². The summed E-state index contributed by atoms with van der Waals surface area (Å²) in [7, 11) is 1.74. The molecule has 0 aliphatic heterocycles. The molecule has 1 atom stereocenters. The molecule has 0 aromatic heterocycles. The number of esters is 1. The third-order valence-electron chi connectivity index (χ3n) is 3.79. The number of rotatable bonds is 5. The van der Waals surface area contributed by atoms with Gasteiger partial charge in [0.1, 0.15) is 0 Å². The average Bonchev–Trinajstić information content (AvgIpc) is 2.26. The Hall–Kier alpha value is -0.830. The van der Waals surface area contributed by atoms with E-state index in [-0.39, 0.29) is 17.5 Å². The minimum absolute atomic E-state index is 0.0571. The van der Waals surface area contributed by atoms with Crippen LogP contribution in [0.4, 0.5) is 0 Å². The van der Waals surface area contributed by atoms with Crippen LogP contribution < -0.4 is 0 Å². The first-order chi connectivity index (χ1) is 7.64. The zero-order valence-electron chi connectivity index (χ0n) is 10.7. The van der Waals surface area contributed by atoms with Gasteiger partial charge in [0.15, 0.2) is 0 Å². The molecule has 1 aliphatic rings. The summed E-state index contributed by atoms with van der Waals surface area (Å²) in [4.78, 5) is 11.4. The molecule has 1 rings (SSSR count). The summed E-state index contributed by atoms with van der Waals surface area (Å²) >= 11 is 0. The number of methoxy groups -OCH3 is 1. The van der Waals surface area contributed by atoms with Gasteiger partial charge in [0, 0.05) is 18.6 Å². The average molecular weight is 226 g/mol. The van der Waals surface area contributed by atoms with Gasteiger partial charge in [0.25, 0.3) is 0 Å². The van der Waals surface area contributed by atoms with Crippen molar-refractivity contribution in [1.82, 2.24) is 0 Å².